The van der Waals surface area contributed by atoms with Crippen molar-refractivity contribution in [2.24, 2.45) is 5.41 Å². The molecule has 0 aliphatic rings. The fourth-order valence-corrected chi connectivity index (χ4v) is 1.55. The van der Waals surface area contributed by atoms with Crippen LogP contribution in [0.25, 0.3) is 0 Å². The van der Waals surface area contributed by atoms with Gasteiger partial charge in [-0.3, -0.25) is 4.79 Å². The highest BCUT2D eigenvalue weighted by Gasteiger charge is 2.29. The number of hydrogen-bond donors (Lipinski definition) is 1. The predicted molar refractivity (Wildman–Crippen MR) is 59.4 cm³/mol. The molecule has 2 nitrogen and oxygen atoms in total. The molecule has 84 valence electrons. The van der Waals surface area contributed by atoms with E-state index in [1.165, 1.54) is 25.7 Å². The molecule has 0 heterocycles. The van der Waals surface area contributed by atoms with Crippen molar-refractivity contribution < 1.29 is 9.90 Å². The van der Waals surface area contributed by atoms with Gasteiger partial charge in [-0.2, -0.15) is 0 Å². The van der Waals surface area contributed by atoms with Gasteiger partial charge in [-0.15, -0.1) is 0 Å². The first-order valence-corrected chi connectivity index (χ1v) is 5.80. The van der Waals surface area contributed by atoms with Crippen molar-refractivity contribution >= 4 is 5.97 Å². The molecular formula is C12H24O2. The van der Waals surface area contributed by atoms with Crippen LogP contribution in [0.5, 0.6) is 0 Å². The summed E-state index contributed by atoms with van der Waals surface area (Å²) in [7, 11) is 0. The van der Waals surface area contributed by atoms with Crippen LogP contribution in [0.3, 0.4) is 0 Å². The minimum absolute atomic E-state index is 0.494. The highest BCUT2D eigenvalue weighted by atomic mass is 16.4. The van der Waals surface area contributed by atoms with Crippen LogP contribution in [0.2, 0.25) is 0 Å². The standard InChI is InChI=1S/C12H24O2/c1-4-6-7-8-9-10-12(3,5-2)11(13)14/h4-10H2,1-3H3,(H,13,14). The zero-order valence-corrected chi connectivity index (χ0v) is 9.81. The Bertz CT molecular complexity index is 166. The van der Waals surface area contributed by atoms with Crippen LogP contribution in [-0.2, 0) is 4.79 Å². The zero-order chi connectivity index (χ0) is 11.0. The number of carboxylic acid groups (broad SMARTS) is 1. The maximum atomic E-state index is 11.0. The van der Waals surface area contributed by atoms with E-state index in [-0.39, 0.29) is 0 Å². The molecule has 0 saturated heterocycles. The third-order valence-electron chi connectivity index (χ3n) is 3.13. The number of aliphatic carboxylic acids is 1. The normalized spacial score (nSPS) is 15.1. The van der Waals surface area contributed by atoms with Crippen LogP contribution in [0.4, 0.5) is 0 Å². The van der Waals surface area contributed by atoms with E-state index in [9.17, 15) is 4.79 Å². The molecule has 1 N–H and O–H groups in total. The molecule has 0 aromatic heterocycles. The highest BCUT2D eigenvalue weighted by molar-refractivity contribution is 5.73. The van der Waals surface area contributed by atoms with Gasteiger partial charge in [0.05, 0.1) is 5.41 Å². The number of unbranched alkanes of at least 4 members (excludes halogenated alkanes) is 4. The molecule has 0 fully saturated rings. The Morgan fingerprint density at radius 2 is 1.71 bits per heavy atom. The van der Waals surface area contributed by atoms with Gasteiger partial charge in [0.25, 0.3) is 0 Å². The zero-order valence-electron chi connectivity index (χ0n) is 9.81. The van der Waals surface area contributed by atoms with Crippen LogP contribution in [0.15, 0.2) is 0 Å². The van der Waals surface area contributed by atoms with Crippen molar-refractivity contribution in [2.75, 3.05) is 0 Å². The Labute approximate surface area is 87.7 Å². The second-order valence-corrected chi connectivity index (χ2v) is 4.38. The Morgan fingerprint density at radius 1 is 1.14 bits per heavy atom. The molecule has 1 atom stereocenters. The summed E-state index contributed by atoms with van der Waals surface area (Å²) >= 11 is 0. The molecule has 0 aliphatic carbocycles. The first kappa shape index (κ1) is 13.5. The minimum Gasteiger partial charge on any atom is -0.481 e. The molecular weight excluding hydrogens is 176 g/mol. The summed E-state index contributed by atoms with van der Waals surface area (Å²) < 4.78 is 0. The van der Waals surface area contributed by atoms with Crippen molar-refractivity contribution in [1.29, 1.82) is 0 Å². The van der Waals surface area contributed by atoms with E-state index < -0.39 is 11.4 Å². The number of carbonyl (C=O) groups is 1. The second-order valence-electron chi connectivity index (χ2n) is 4.38. The lowest BCUT2D eigenvalue weighted by Crippen LogP contribution is -2.26. The van der Waals surface area contributed by atoms with Crippen molar-refractivity contribution in [3.8, 4) is 0 Å². The summed E-state index contributed by atoms with van der Waals surface area (Å²) in [5.74, 6) is -0.643. The van der Waals surface area contributed by atoms with Gasteiger partial charge in [-0.25, -0.2) is 0 Å². The van der Waals surface area contributed by atoms with Crippen molar-refractivity contribution in [2.45, 2.75) is 65.7 Å². The van der Waals surface area contributed by atoms with Crippen molar-refractivity contribution in [1.82, 2.24) is 0 Å². The molecule has 2 heteroatoms. The molecule has 0 aromatic carbocycles. The quantitative estimate of drug-likeness (QED) is 0.604. The van der Waals surface area contributed by atoms with Crippen molar-refractivity contribution in [3.05, 3.63) is 0 Å². The van der Waals surface area contributed by atoms with Gasteiger partial charge in [-0.1, -0.05) is 46.0 Å². The summed E-state index contributed by atoms with van der Waals surface area (Å²) in [6.45, 7) is 6.00. The van der Waals surface area contributed by atoms with Gasteiger partial charge in [0.15, 0.2) is 0 Å². The molecule has 0 amide bonds. The Balaban J connectivity index is 3.68. The summed E-state index contributed by atoms with van der Waals surface area (Å²) in [6, 6.07) is 0. The lowest BCUT2D eigenvalue weighted by atomic mass is 9.82. The fraction of sp³-hybridized carbons (Fsp3) is 0.917. The average molecular weight is 200 g/mol. The van der Waals surface area contributed by atoms with E-state index in [1.807, 2.05) is 13.8 Å². The molecule has 0 rings (SSSR count). The van der Waals surface area contributed by atoms with Crippen molar-refractivity contribution in [3.63, 3.8) is 0 Å². The van der Waals surface area contributed by atoms with E-state index in [4.69, 9.17) is 5.11 Å². The van der Waals surface area contributed by atoms with Crippen LogP contribution < -0.4 is 0 Å². The molecule has 0 spiro atoms. The number of carboxylic acids is 1. The SMILES string of the molecule is CCCCCCCC(C)(CC)C(=O)O. The van der Waals surface area contributed by atoms with E-state index >= 15 is 0 Å². The van der Waals surface area contributed by atoms with Gasteiger partial charge in [0.1, 0.15) is 0 Å². The molecule has 14 heavy (non-hydrogen) atoms. The predicted octanol–water partition coefficient (Wildman–Crippen LogP) is 3.85. The van der Waals surface area contributed by atoms with E-state index in [2.05, 4.69) is 6.92 Å². The Kier molecular flexibility index (Phi) is 6.60. The lowest BCUT2D eigenvalue weighted by molar-refractivity contribution is -0.148. The largest absolute Gasteiger partial charge is 0.481 e. The van der Waals surface area contributed by atoms with E-state index in [0.29, 0.717) is 0 Å². The smallest absolute Gasteiger partial charge is 0.309 e. The van der Waals surface area contributed by atoms with Gasteiger partial charge in [0.2, 0.25) is 0 Å². The summed E-state index contributed by atoms with van der Waals surface area (Å²) in [5, 5.41) is 9.04. The Morgan fingerprint density at radius 3 is 2.14 bits per heavy atom. The molecule has 0 bridgehead atoms. The Hall–Kier alpha value is -0.530. The van der Waals surface area contributed by atoms with Gasteiger partial charge < -0.3 is 5.11 Å². The monoisotopic (exact) mass is 200 g/mol. The van der Waals surface area contributed by atoms with Crippen LogP contribution in [0.1, 0.15) is 65.7 Å². The van der Waals surface area contributed by atoms with Crippen LogP contribution in [-0.4, -0.2) is 11.1 Å². The van der Waals surface area contributed by atoms with Crippen LogP contribution >= 0.6 is 0 Å². The molecule has 0 saturated carbocycles. The summed E-state index contributed by atoms with van der Waals surface area (Å²) in [6.07, 6.45) is 7.54. The topological polar surface area (TPSA) is 37.3 Å². The maximum absolute atomic E-state index is 11.0. The molecule has 0 aliphatic heterocycles. The summed E-state index contributed by atoms with van der Waals surface area (Å²) in [5.41, 5.74) is -0.494. The second kappa shape index (κ2) is 6.86. The third kappa shape index (κ3) is 4.64. The average Bonchev–Trinajstić information content (AvgIpc) is 2.17. The highest BCUT2D eigenvalue weighted by Crippen LogP contribution is 2.28. The molecule has 1 unspecified atom stereocenters. The third-order valence-corrected chi connectivity index (χ3v) is 3.13. The van der Waals surface area contributed by atoms with Gasteiger partial charge in [0, 0.05) is 0 Å². The van der Waals surface area contributed by atoms with E-state index in [0.717, 1.165) is 19.3 Å². The molecule has 0 radical (unpaired) electrons. The minimum atomic E-state index is -0.643. The summed E-state index contributed by atoms with van der Waals surface area (Å²) in [4.78, 5) is 11.0. The first-order valence-electron chi connectivity index (χ1n) is 5.80. The van der Waals surface area contributed by atoms with E-state index in [1.54, 1.807) is 0 Å². The molecule has 0 aromatic rings. The lowest BCUT2D eigenvalue weighted by Gasteiger charge is -2.22. The maximum Gasteiger partial charge on any atom is 0.309 e. The van der Waals surface area contributed by atoms with Gasteiger partial charge in [-0.05, 0) is 19.8 Å². The first-order chi connectivity index (χ1) is 6.56. The van der Waals surface area contributed by atoms with Crippen LogP contribution in [0, 0.1) is 5.41 Å². The van der Waals surface area contributed by atoms with Gasteiger partial charge >= 0.3 is 5.97 Å². The fourth-order valence-electron chi connectivity index (χ4n) is 1.55. The number of rotatable bonds is 8. The number of hydrogen-bond acceptors (Lipinski definition) is 1.